The van der Waals surface area contributed by atoms with Crippen molar-refractivity contribution in [1.82, 2.24) is 0 Å². The van der Waals surface area contributed by atoms with Crippen LogP contribution in [0.1, 0.15) is 94.1 Å². The summed E-state index contributed by atoms with van der Waals surface area (Å²) in [5.41, 5.74) is 5.03. The molecule has 0 aromatic heterocycles. The molecule has 3 nitrogen and oxygen atoms in total. The van der Waals surface area contributed by atoms with Gasteiger partial charge in [-0.15, -0.1) is 0 Å². The minimum atomic E-state index is -0.292. The summed E-state index contributed by atoms with van der Waals surface area (Å²) in [6.07, 6.45) is 17.4. The van der Waals surface area contributed by atoms with Gasteiger partial charge in [-0.1, -0.05) is 92.4 Å². The highest BCUT2D eigenvalue weighted by Crippen LogP contribution is 2.16. The van der Waals surface area contributed by atoms with Crippen LogP contribution < -0.4 is 0 Å². The molecule has 0 saturated heterocycles. The van der Waals surface area contributed by atoms with Crippen LogP contribution in [-0.4, -0.2) is 18.3 Å². The summed E-state index contributed by atoms with van der Waals surface area (Å²) in [5, 5.41) is 0. The van der Waals surface area contributed by atoms with Crippen LogP contribution in [0.5, 0.6) is 0 Å². The lowest BCUT2D eigenvalue weighted by atomic mass is 10.0. The first-order valence-corrected chi connectivity index (χ1v) is 12.9. The Morgan fingerprint density at radius 3 is 2.49 bits per heavy atom. The lowest BCUT2D eigenvalue weighted by Crippen LogP contribution is -2.15. The van der Waals surface area contributed by atoms with Gasteiger partial charge in [0, 0.05) is 12.4 Å². The molecule has 2 aromatic rings. The van der Waals surface area contributed by atoms with E-state index in [0.717, 1.165) is 31.2 Å². The first-order valence-electron chi connectivity index (χ1n) is 12.9. The zero-order valence-electron chi connectivity index (χ0n) is 21.9. The molecule has 35 heavy (non-hydrogen) atoms. The number of benzene rings is 2. The number of nitrogens with zero attached hydrogens (tertiary/aromatic N) is 1. The number of aliphatic imine (C=N–C) groups is 1. The first-order chi connectivity index (χ1) is 17.0. The third kappa shape index (κ3) is 11.7. The molecule has 0 aliphatic heterocycles. The number of carbonyl (C=O) groups is 1. The topological polar surface area (TPSA) is 38.7 Å². The summed E-state index contributed by atoms with van der Waals surface area (Å²) >= 11 is 0. The Labute approximate surface area is 212 Å². The number of rotatable bonds is 14. The Bertz CT molecular complexity index is 1010. The molecule has 0 aliphatic carbocycles. The third-order valence-electron chi connectivity index (χ3n) is 5.67. The predicted molar refractivity (Wildman–Crippen MR) is 151 cm³/mol. The molecule has 0 aliphatic rings. The second-order valence-corrected chi connectivity index (χ2v) is 9.20. The van der Waals surface area contributed by atoms with Crippen LogP contribution in [0.25, 0.3) is 12.2 Å². The van der Waals surface area contributed by atoms with Gasteiger partial charge in [-0.05, 0) is 75.3 Å². The smallest absolute Gasteiger partial charge is 0.338 e. The van der Waals surface area contributed by atoms with Crippen LogP contribution >= 0.6 is 0 Å². The molecule has 0 heterocycles. The number of carbonyl (C=O) groups excluding carboxylic acids is 1. The number of ether oxygens (including phenoxy) is 1. The van der Waals surface area contributed by atoms with Gasteiger partial charge in [-0.2, -0.15) is 0 Å². The van der Waals surface area contributed by atoms with Gasteiger partial charge in [0.15, 0.2) is 0 Å². The van der Waals surface area contributed by atoms with Crippen molar-refractivity contribution in [3.63, 3.8) is 0 Å². The van der Waals surface area contributed by atoms with Crippen LogP contribution in [0.4, 0.5) is 0 Å². The van der Waals surface area contributed by atoms with E-state index >= 15 is 0 Å². The number of hydrogen-bond donors (Lipinski definition) is 0. The van der Waals surface area contributed by atoms with Crippen molar-refractivity contribution in [2.45, 2.75) is 78.7 Å². The minimum absolute atomic E-state index is 0.133. The molecule has 1 unspecified atom stereocenters. The molecule has 2 aromatic carbocycles. The summed E-state index contributed by atoms with van der Waals surface area (Å²) in [7, 11) is 0. The lowest BCUT2D eigenvalue weighted by Gasteiger charge is -2.13. The molecule has 0 radical (unpaired) electrons. The Morgan fingerprint density at radius 2 is 1.74 bits per heavy atom. The quantitative estimate of drug-likeness (QED) is 0.119. The van der Waals surface area contributed by atoms with E-state index in [0.29, 0.717) is 5.56 Å². The van der Waals surface area contributed by atoms with Crippen molar-refractivity contribution < 1.29 is 9.53 Å². The van der Waals surface area contributed by atoms with Gasteiger partial charge >= 0.3 is 5.97 Å². The van der Waals surface area contributed by atoms with E-state index in [1.807, 2.05) is 49.5 Å². The van der Waals surface area contributed by atoms with Crippen molar-refractivity contribution >= 4 is 24.3 Å². The molecule has 0 spiro atoms. The molecule has 2 rings (SSSR count). The molecule has 3 heteroatoms. The van der Waals surface area contributed by atoms with Crippen LogP contribution in [0.15, 0.2) is 83.0 Å². The van der Waals surface area contributed by atoms with Gasteiger partial charge < -0.3 is 4.74 Å². The Balaban J connectivity index is 2.06. The summed E-state index contributed by atoms with van der Waals surface area (Å²) in [5.74, 6) is -0.292. The largest absolute Gasteiger partial charge is 0.459 e. The van der Waals surface area contributed by atoms with Gasteiger partial charge in [0.25, 0.3) is 0 Å². The minimum Gasteiger partial charge on any atom is -0.459 e. The molecule has 0 saturated carbocycles. The summed E-state index contributed by atoms with van der Waals surface area (Å²) < 4.78 is 5.68. The van der Waals surface area contributed by atoms with Gasteiger partial charge in [0.1, 0.15) is 0 Å². The average molecular weight is 472 g/mol. The van der Waals surface area contributed by atoms with Crippen molar-refractivity contribution in [2.75, 3.05) is 0 Å². The van der Waals surface area contributed by atoms with Crippen molar-refractivity contribution in [3.05, 3.63) is 94.7 Å². The number of unbranched alkanes of at least 4 members (excludes halogenated alkanes) is 3. The van der Waals surface area contributed by atoms with E-state index < -0.39 is 0 Å². The van der Waals surface area contributed by atoms with Crippen LogP contribution in [0, 0.1) is 0 Å². The number of allylic oxidation sites excluding steroid dienone is 3. The molecular formula is C32H41NO2. The van der Waals surface area contributed by atoms with Gasteiger partial charge in [-0.25, -0.2) is 4.79 Å². The van der Waals surface area contributed by atoms with Crippen molar-refractivity contribution in [2.24, 2.45) is 4.99 Å². The highest BCUT2D eigenvalue weighted by atomic mass is 16.5. The van der Waals surface area contributed by atoms with E-state index in [1.54, 1.807) is 6.20 Å². The zero-order chi connectivity index (χ0) is 25.3. The Morgan fingerprint density at radius 1 is 1.00 bits per heavy atom. The van der Waals surface area contributed by atoms with E-state index in [-0.39, 0.29) is 12.1 Å². The highest BCUT2D eigenvalue weighted by Gasteiger charge is 2.14. The zero-order valence-corrected chi connectivity index (χ0v) is 21.9. The SMILES string of the molecule is CCCCCCC(/C=N/C=C/c1ccccc1C(=O)OC(C)CCC=C(C)C)=C\c1ccccc1. The monoisotopic (exact) mass is 471 g/mol. The summed E-state index contributed by atoms with van der Waals surface area (Å²) in [6.45, 7) is 8.33. The van der Waals surface area contributed by atoms with Crippen LogP contribution in [0.3, 0.4) is 0 Å². The Kier molecular flexibility index (Phi) is 13.2. The number of hydrogen-bond acceptors (Lipinski definition) is 3. The van der Waals surface area contributed by atoms with Crippen LogP contribution in [0.2, 0.25) is 0 Å². The van der Waals surface area contributed by atoms with E-state index in [1.165, 1.54) is 36.0 Å². The fourth-order valence-electron chi connectivity index (χ4n) is 3.70. The van der Waals surface area contributed by atoms with Crippen LogP contribution in [-0.2, 0) is 4.74 Å². The number of esters is 1. The van der Waals surface area contributed by atoms with E-state index in [9.17, 15) is 4.79 Å². The standard InChI is InChI=1S/C32H41NO2/c1-5-6-7-9-19-29(24-28-17-10-8-11-18-28)25-33-23-22-30-20-12-13-21-31(30)32(34)35-27(4)16-14-15-26(2)3/h8,10-13,15,17-18,20-25,27H,5-7,9,14,16,19H2,1-4H3/b23-22+,29-24+,33-25+. The maximum absolute atomic E-state index is 12.8. The molecule has 0 bridgehead atoms. The normalized spacial score (nSPS) is 12.7. The molecule has 0 fully saturated rings. The molecule has 0 amide bonds. The molecular weight excluding hydrogens is 430 g/mol. The maximum atomic E-state index is 12.8. The van der Waals surface area contributed by atoms with Gasteiger partial charge in [0.2, 0.25) is 0 Å². The van der Waals surface area contributed by atoms with Gasteiger partial charge in [0.05, 0.1) is 11.7 Å². The summed E-state index contributed by atoms with van der Waals surface area (Å²) in [6, 6.07) is 17.9. The predicted octanol–water partition coefficient (Wildman–Crippen LogP) is 9.07. The third-order valence-corrected chi connectivity index (χ3v) is 5.67. The van der Waals surface area contributed by atoms with Crippen molar-refractivity contribution in [3.8, 4) is 0 Å². The van der Waals surface area contributed by atoms with E-state index in [4.69, 9.17) is 4.74 Å². The fourth-order valence-corrected chi connectivity index (χ4v) is 3.70. The van der Waals surface area contributed by atoms with E-state index in [2.05, 4.69) is 62.2 Å². The molecule has 186 valence electrons. The highest BCUT2D eigenvalue weighted by molar-refractivity contribution is 5.94. The molecule has 1 atom stereocenters. The Hall–Kier alpha value is -3.20. The summed E-state index contributed by atoms with van der Waals surface area (Å²) in [4.78, 5) is 17.3. The lowest BCUT2D eigenvalue weighted by molar-refractivity contribution is 0.0326. The molecule has 0 N–H and O–H groups in total. The van der Waals surface area contributed by atoms with Crippen molar-refractivity contribution in [1.29, 1.82) is 0 Å². The van der Waals surface area contributed by atoms with Gasteiger partial charge in [-0.3, -0.25) is 4.99 Å². The maximum Gasteiger partial charge on any atom is 0.338 e. The second kappa shape index (κ2) is 16.4. The fraction of sp³-hybridized carbons (Fsp3) is 0.375. The average Bonchev–Trinajstić information content (AvgIpc) is 2.84. The first kappa shape index (κ1) is 28.0. The second-order valence-electron chi connectivity index (χ2n) is 9.20.